The third kappa shape index (κ3) is 9.40. The highest BCUT2D eigenvalue weighted by atomic mass is 32.1. The largest absolute Gasteiger partial charge is 0.387 e. The van der Waals surface area contributed by atoms with Gasteiger partial charge in [0, 0.05) is 29.3 Å². The Balaban J connectivity index is 3.77. The molecule has 0 rings (SSSR count). The lowest BCUT2D eigenvalue weighted by Crippen LogP contribution is -2.25. The van der Waals surface area contributed by atoms with Gasteiger partial charge in [0.15, 0.2) is 5.78 Å². The Labute approximate surface area is 103 Å². The summed E-state index contributed by atoms with van der Waals surface area (Å²) in [5.74, 6) is 0.0605. The molecule has 90 valence electrons. The smallest absolute Gasteiger partial charge is 0.154 e. The summed E-state index contributed by atoms with van der Waals surface area (Å²) < 4.78 is 0. The standard InChI is InChI=1S/C12H20N2OS/c1-9(7-11(3)15)13-5-6-14-10(2)8-12(4)16/h7-8,13-14H,5-6H2,1-4H3/b9-7+,10-8+. The fourth-order valence-electron chi connectivity index (χ4n) is 1.23. The fraction of sp³-hybridized carbons (Fsp3) is 0.500. The van der Waals surface area contributed by atoms with E-state index < -0.39 is 0 Å². The molecule has 3 nitrogen and oxygen atoms in total. The van der Waals surface area contributed by atoms with Crippen molar-refractivity contribution >= 4 is 22.9 Å². The highest BCUT2D eigenvalue weighted by Gasteiger charge is 1.92. The number of nitrogens with one attached hydrogen (secondary N) is 2. The summed E-state index contributed by atoms with van der Waals surface area (Å²) in [7, 11) is 0. The zero-order valence-corrected chi connectivity index (χ0v) is 11.2. The number of rotatable bonds is 7. The normalized spacial score (nSPS) is 12.2. The summed E-state index contributed by atoms with van der Waals surface area (Å²) in [4.78, 5) is 11.6. The van der Waals surface area contributed by atoms with Gasteiger partial charge < -0.3 is 10.6 Å². The minimum atomic E-state index is 0.0605. The quantitative estimate of drug-likeness (QED) is 0.405. The zero-order chi connectivity index (χ0) is 12.6. The van der Waals surface area contributed by atoms with Crippen LogP contribution in [0, 0.1) is 0 Å². The van der Waals surface area contributed by atoms with E-state index in [2.05, 4.69) is 10.6 Å². The minimum absolute atomic E-state index is 0.0605. The van der Waals surface area contributed by atoms with E-state index >= 15 is 0 Å². The molecular weight excluding hydrogens is 220 g/mol. The van der Waals surface area contributed by atoms with Crippen LogP contribution in [0.25, 0.3) is 0 Å². The van der Waals surface area contributed by atoms with Gasteiger partial charge in [-0.15, -0.1) is 0 Å². The zero-order valence-electron chi connectivity index (χ0n) is 10.4. The average Bonchev–Trinajstić information content (AvgIpc) is 2.10. The first-order valence-corrected chi connectivity index (χ1v) is 5.68. The van der Waals surface area contributed by atoms with E-state index in [1.807, 2.05) is 26.8 Å². The van der Waals surface area contributed by atoms with Gasteiger partial charge in [0.2, 0.25) is 0 Å². The Kier molecular flexibility index (Phi) is 7.46. The average molecular weight is 240 g/mol. The number of carbonyl (C=O) groups excluding carboxylic acids is 1. The van der Waals surface area contributed by atoms with Crippen molar-refractivity contribution in [3.8, 4) is 0 Å². The van der Waals surface area contributed by atoms with Crippen molar-refractivity contribution in [2.24, 2.45) is 0 Å². The molecule has 0 heterocycles. The monoisotopic (exact) mass is 240 g/mol. The van der Waals surface area contributed by atoms with Crippen molar-refractivity contribution in [2.45, 2.75) is 27.7 Å². The highest BCUT2D eigenvalue weighted by molar-refractivity contribution is 7.80. The molecule has 4 heteroatoms. The van der Waals surface area contributed by atoms with E-state index in [0.717, 1.165) is 29.3 Å². The van der Waals surface area contributed by atoms with Gasteiger partial charge >= 0.3 is 0 Å². The lowest BCUT2D eigenvalue weighted by molar-refractivity contribution is -0.112. The molecule has 0 aliphatic carbocycles. The van der Waals surface area contributed by atoms with Crippen molar-refractivity contribution in [1.82, 2.24) is 10.6 Å². The Morgan fingerprint density at radius 3 is 1.81 bits per heavy atom. The van der Waals surface area contributed by atoms with Crippen LogP contribution in [0.1, 0.15) is 27.7 Å². The van der Waals surface area contributed by atoms with E-state index in [1.165, 1.54) is 0 Å². The molecule has 0 saturated carbocycles. The van der Waals surface area contributed by atoms with Crippen molar-refractivity contribution in [3.63, 3.8) is 0 Å². The molecule has 0 aliphatic rings. The van der Waals surface area contributed by atoms with E-state index in [0.29, 0.717) is 0 Å². The molecule has 0 aromatic rings. The van der Waals surface area contributed by atoms with Crippen molar-refractivity contribution < 1.29 is 4.79 Å². The molecule has 0 aromatic carbocycles. The Bertz CT molecular complexity index is 287. The molecule has 0 fully saturated rings. The number of ketones is 1. The van der Waals surface area contributed by atoms with Gasteiger partial charge in [-0.05, 0) is 39.8 Å². The van der Waals surface area contributed by atoms with Crippen molar-refractivity contribution in [2.75, 3.05) is 13.1 Å². The van der Waals surface area contributed by atoms with Crippen LogP contribution < -0.4 is 10.6 Å². The van der Waals surface area contributed by atoms with E-state index in [9.17, 15) is 4.79 Å². The Hall–Kier alpha value is -1.16. The maximum atomic E-state index is 10.8. The Morgan fingerprint density at radius 2 is 1.44 bits per heavy atom. The molecule has 0 spiro atoms. The Morgan fingerprint density at radius 1 is 1.00 bits per heavy atom. The molecule has 16 heavy (non-hydrogen) atoms. The molecule has 0 unspecified atom stereocenters. The van der Waals surface area contributed by atoms with Gasteiger partial charge in [-0.2, -0.15) is 0 Å². The molecule has 0 atom stereocenters. The first-order valence-electron chi connectivity index (χ1n) is 5.27. The molecule has 0 radical (unpaired) electrons. The molecule has 2 N–H and O–H groups in total. The second kappa shape index (κ2) is 8.05. The number of hydrogen-bond acceptors (Lipinski definition) is 4. The number of allylic oxidation sites excluding steroid dienone is 4. The lowest BCUT2D eigenvalue weighted by Gasteiger charge is -2.08. The molecule has 0 saturated heterocycles. The maximum absolute atomic E-state index is 10.8. The second-order valence-corrected chi connectivity index (χ2v) is 4.37. The fourth-order valence-corrected chi connectivity index (χ4v) is 1.41. The summed E-state index contributed by atoms with van der Waals surface area (Å²) in [6.45, 7) is 8.86. The van der Waals surface area contributed by atoms with Crippen LogP contribution in [-0.2, 0) is 4.79 Å². The summed E-state index contributed by atoms with van der Waals surface area (Å²) in [5.41, 5.74) is 1.95. The van der Waals surface area contributed by atoms with Crippen LogP contribution in [0.5, 0.6) is 0 Å². The highest BCUT2D eigenvalue weighted by Crippen LogP contribution is 1.89. The van der Waals surface area contributed by atoms with Gasteiger partial charge in [0.05, 0.1) is 0 Å². The van der Waals surface area contributed by atoms with Crippen LogP contribution in [0.3, 0.4) is 0 Å². The van der Waals surface area contributed by atoms with Gasteiger partial charge in [-0.1, -0.05) is 12.2 Å². The minimum Gasteiger partial charge on any atom is -0.387 e. The first-order chi connectivity index (χ1) is 7.41. The maximum Gasteiger partial charge on any atom is 0.154 e. The van der Waals surface area contributed by atoms with Gasteiger partial charge in [-0.3, -0.25) is 4.79 Å². The molecular formula is C12H20N2OS. The summed E-state index contributed by atoms with van der Waals surface area (Å²) >= 11 is 4.96. The lowest BCUT2D eigenvalue weighted by atomic mass is 10.3. The first kappa shape index (κ1) is 14.8. The third-order valence-electron chi connectivity index (χ3n) is 1.77. The van der Waals surface area contributed by atoms with Crippen LogP contribution in [0.15, 0.2) is 23.5 Å². The molecule has 0 bridgehead atoms. The summed E-state index contributed by atoms with van der Waals surface area (Å²) in [6, 6.07) is 0. The third-order valence-corrected chi connectivity index (χ3v) is 1.89. The second-order valence-electron chi connectivity index (χ2n) is 3.73. The number of thiocarbonyl (C=S) groups is 1. The van der Waals surface area contributed by atoms with Gasteiger partial charge in [0.25, 0.3) is 0 Å². The number of hydrogen-bond donors (Lipinski definition) is 2. The summed E-state index contributed by atoms with van der Waals surface area (Å²) in [5, 5.41) is 6.36. The van der Waals surface area contributed by atoms with E-state index in [1.54, 1.807) is 13.0 Å². The van der Waals surface area contributed by atoms with Crippen molar-refractivity contribution in [1.29, 1.82) is 0 Å². The SMILES string of the molecule is CC(=O)/C=C(\C)NCCN/C(C)=C/C(C)=S. The topological polar surface area (TPSA) is 41.1 Å². The molecule has 0 aromatic heterocycles. The van der Waals surface area contributed by atoms with Gasteiger partial charge in [0.1, 0.15) is 0 Å². The predicted octanol–water partition coefficient (Wildman–Crippen LogP) is 1.95. The van der Waals surface area contributed by atoms with E-state index in [-0.39, 0.29) is 5.78 Å². The molecule has 0 aliphatic heterocycles. The van der Waals surface area contributed by atoms with Crippen LogP contribution in [0.2, 0.25) is 0 Å². The number of carbonyl (C=O) groups is 1. The van der Waals surface area contributed by atoms with Gasteiger partial charge in [-0.25, -0.2) is 0 Å². The van der Waals surface area contributed by atoms with E-state index in [4.69, 9.17) is 12.2 Å². The molecule has 0 amide bonds. The van der Waals surface area contributed by atoms with Crippen LogP contribution in [-0.4, -0.2) is 23.7 Å². The predicted molar refractivity (Wildman–Crippen MR) is 72.5 cm³/mol. The van der Waals surface area contributed by atoms with Crippen molar-refractivity contribution in [3.05, 3.63) is 23.5 Å². The van der Waals surface area contributed by atoms with Crippen LogP contribution in [0.4, 0.5) is 0 Å². The van der Waals surface area contributed by atoms with Crippen LogP contribution >= 0.6 is 12.2 Å². The summed E-state index contributed by atoms with van der Waals surface area (Å²) in [6.07, 6.45) is 3.51.